The average Bonchev–Trinajstić information content (AvgIpc) is 2.77. The molecule has 19 heavy (non-hydrogen) atoms. The fraction of sp³-hybridized carbons (Fsp3) is 0.400. The highest BCUT2D eigenvalue weighted by Gasteiger charge is 2.17. The summed E-state index contributed by atoms with van der Waals surface area (Å²) in [5.74, 6) is -0.188. The molecule has 1 N–H and O–H groups in total. The molecule has 2 rings (SSSR count). The average molecular weight is 278 g/mol. The quantitative estimate of drug-likeness (QED) is 0.918. The summed E-state index contributed by atoms with van der Waals surface area (Å²) in [4.78, 5) is 5.66. The van der Waals surface area contributed by atoms with Gasteiger partial charge in [0, 0.05) is 29.6 Å². The van der Waals surface area contributed by atoms with Crippen LogP contribution >= 0.6 is 11.3 Å². The predicted molar refractivity (Wildman–Crippen MR) is 77.8 cm³/mol. The molecule has 0 spiro atoms. The van der Waals surface area contributed by atoms with Crippen LogP contribution in [-0.4, -0.2) is 4.98 Å². The van der Waals surface area contributed by atoms with E-state index in [1.54, 1.807) is 23.5 Å². The largest absolute Gasteiger partial charge is 0.308 e. The fourth-order valence-corrected chi connectivity index (χ4v) is 2.65. The van der Waals surface area contributed by atoms with Crippen molar-refractivity contribution in [3.63, 3.8) is 0 Å². The Balaban J connectivity index is 1.88. The molecule has 1 aromatic carbocycles. The van der Waals surface area contributed by atoms with E-state index in [9.17, 15) is 4.39 Å². The number of aromatic nitrogens is 1. The SMILES string of the molecule is CC(C)(C)c1ncc(CNCc2cccc(F)c2)s1. The first-order valence-electron chi connectivity index (χ1n) is 6.35. The third-order valence-electron chi connectivity index (χ3n) is 2.71. The highest BCUT2D eigenvalue weighted by Crippen LogP contribution is 2.26. The Labute approximate surface area is 117 Å². The van der Waals surface area contributed by atoms with E-state index in [-0.39, 0.29) is 11.2 Å². The number of halogens is 1. The van der Waals surface area contributed by atoms with Crippen molar-refractivity contribution >= 4 is 11.3 Å². The molecule has 0 saturated carbocycles. The summed E-state index contributed by atoms with van der Waals surface area (Å²) in [5, 5.41) is 4.46. The first kappa shape index (κ1) is 14.2. The summed E-state index contributed by atoms with van der Waals surface area (Å²) >= 11 is 1.73. The maximum Gasteiger partial charge on any atom is 0.123 e. The van der Waals surface area contributed by atoms with Crippen molar-refractivity contribution < 1.29 is 4.39 Å². The highest BCUT2D eigenvalue weighted by molar-refractivity contribution is 7.11. The van der Waals surface area contributed by atoms with Gasteiger partial charge >= 0.3 is 0 Å². The molecular formula is C15H19FN2S. The third kappa shape index (κ3) is 4.11. The summed E-state index contributed by atoms with van der Waals surface area (Å²) in [5.41, 5.74) is 1.06. The number of hydrogen-bond donors (Lipinski definition) is 1. The van der Waals surface area contributed by atoms with Gasteiger partial charge in [0.15, 0.2) is 0 Å². The van der Waals surface area contributed by atoms with Crippen molar-refractivity contribution in [2.24, 2.45) is 0 Å². The van der Waals surface area contributed by atoms with E-state index < -0.39 is 0 Å². The number of hydrogen-bond acceptors (Lipinski definition) is 3. The zero-order valence-corrected chi connectivity index (χ0v) is 12.4. The van der Waals surface area contributed by atoms with Gasteiger partial charge in [-0.15, -0.1) is 11.3 Å². The van der Waals surface area contributed by atoms with Gasteiger partial charge in [0.25, 0.3) is 0 Å². The summed E-state index contributed by atoms with van der Waals surface area (Å²) in [6.45, 7) is 7.92. The van der Waals surface area contributed by atoms with Gasteiger partial charge < -0.3 is 5.32 Å². The monoisotopic (exact) mass is 278 g/mol. The van der Waals surface area contributed by atoms with E-state index in [2.05, 4.69) is 31.1 Å². The van der Waals surface area contributed by atoms with Crippen LogP contribution in [0.3, 0.4) is 0 Å². The molecule has 0 amide bonds. The van der Waals surface area contributed by atoms with E-state index >= 15 is 0 Å². The Kier molecular flexibility index (Phi) is 4.32. The summed E-state index contributed by atoms with van der Waals surface area (Å²) in [6, 6.07) is 6.67. The number of benzene rings is 1. The van der Waals surface area contributed by atoms with Gasteiger partial charge in [-0.25, -0.2) is 9.37 Å². The van der Waals surface area contributed by atoms with Gasteiger partial charge in [-0.3, -0.25) is 0 Å². The number of rotatable bonds is 4. The molecule has 0 aliphatic heterocycles. The molecule has 2 aromatic rings. The van der Waals surface area contributed by atoms with Crippen molar-refractivity contribution in [2.45, 2.75) is 39.3 Å². The minimum Gasteiger partial charge on any atom is -0.308 e. The van der Waals surface area contributed by atoms with Crippen molar-refractivity contribution in [1.29, 1.82) is 0 Å². The van der Waals surface area contributed by atoms with Gasteiger partial charge in [-0.1, -0.05) is 32.9 Å². The first-order chi connectivity index (χ1) is 8.95. The molecule has 0 saturated heterocycles. The Morgan fingerprint density at radius 1 is 1.26 bits per heavy atom. The molecule has 0 aliphatic rings. The maximum atomic E-state index is 13.0. The van der Waals surface area contributed by atoms with E-state index in [0.29, 0.717) is 6.54 Å². The predicted octanol–water partition coefficient (Wildman–Crippen LogP) is 3.87. The van der Waals surface area contributed by atoms with E-state index in [1.807, 2.05) is 12.3 Å². The molecule has 0 radical (unpaired) electrons. The highest BCUT2D eigenvalue weighted by atomic mass is 32.1. The van der Waals surface area contributed by atoms with Crippen LogP contribution in [0.25, 0.3) is 0 Å². The van der Waals surface area contributed by atoms with Gasteiger partial charge in [-0.05, 0) is 17.7 Å². The van der Waals surface area contributed by atoms with Crippen LogP contribution in [-0.2, 0) is 18.5 Å². The van der Waals surface area contributed by atoms with Crippen LogP contribution in [0.1, 0.15) is 36.2 Å². The second-order valence-electron chi connectivity index (χ2n) is 5.62. The lowest BCUT2D eigenvalue weighted by molar-refractivity contribution is 0.585. The zero-order chi connectivity index (χ0) is 13.9. The summed E-state index contributed by atoms with van der Waals surface area (Å²) < 4.78 is 13.0. The topological polar surface area (TPSA) is 24.9 Å². The van der Waals surface area contributed by atoms with E-state index in [1.165, 1.54) is 10.9 Å². The van der Waals surface area contributed by atoms with Crippen LogP contribution in [0.15, 0.2) is 30.5 Å². The summed E-state index contributed by atoms with van der Waals surface area (Å²) in [7, 11) is 0. The van der Waals surface area contributed by atoms with Crippen LogP contribution in [0, 0.1) is 5.82 Å². The molecule has 102 valence electrons. The van der Waals surface area contributed by atoms with E-state index in [0.717, 1.165) is 17.1 Å². The van der Waals surface area contributed by atoms with Gasteiger partial charge in [0.1, 0.15) is 5.82 Å². The second kappa shape index (κ2) is 5.80. The standard InChI is InChI=1S/C15H19FN2S/c1-15(2,3)14-18-10-13(19-14)9-17-8-11-5-4-6-12(16)7-11/h4-7,10,17H,8-9H2,1-3H3. The molecule has 0 aliphatic carbocycles. The lowest BCUT2D eigenvalue weighted by atomic mass is 9.98. The minimum absolute atomic E-state index is 0.103. The molecule has 2 nitrogen and oxygen atoms in total. The lowest BCUT2D eigenvalue weighted by Gasteiger charge is -2.13. The molecule has 1 aromatic heterocycles. The van der Waals surface area contributed by atoms with Gasteiger partial charge in [-0.2, -0.15) is 0 Å². The first-order valence-corrected chi connectivity index (χ1v) is 7.17. The van der Waals surface area contributed by atoms with Crippen LogP contribution in [0.5, 0.6) is 0 Å². The minimum atomic E-state index is -0.188. The Hall–Kier alpha value is -1.26. The van der Waals surface area contributed by atoms with E-state index in [4.69, 9.17) is 0 Å². The Morgan fingerprint density at radius 3 is 2.68 bits per heavy atom. The number of nitrogens with one attached hydrogen (secondary N) is 1. The Bertz CT molecular complexity index is 543. The second-order valence-corrected chi connectivity index (χ2v) is 6.73. The molecule has 0 fully saturated rings. The number of nitrogens with zero attached hydrogens (tertiary/aromatic N) is 1. The normalized spacial score (nSPS) is 11.8. The molecule has 4 heteroatoms. The molecule has 0 unspecified atom stereocenters. The zero-order valence-electron chi connectivity index (χ0n) is 11.5. The third-order valence-corrected chi connectivity index (χ3v) is 4.14. The van der Waals surface area contributed by atoms with Gasteiger partial charge in [0.05, 0.1) is 5.01 Å². The summed E-state index contributed by atoms with van der Waals surface area (Å²) in [6.07, 6.45) is 1.92. The van der Waals surface area contributed by atoms with Gasteiger partial charge in [0.2, 0.25) is 0 Å². The van der Waals surface area contributed by atoms with Crippen molar-refractivity contribution in [1.82, 2.24) is 10.3 Å². The Morgan fingerprint density at radius 2 is 2.05 bits per heavy atom. The van der Waals surface area contributed by atoms with Crippen molar-refractivity contribution in [3.05, 3.63) is 51.7 Å². The maximum absolute atomic E-state index is 13.0. The van der Waals surface area contributed by atoms with Crippen LogP contribution < -0.4 is 5.32 Å². The molecule has 1 heterocycles. The fourth-order valence-electron chi connectivity index (χ4n) is 1.71. The van der Waals surface area contributed by atoms with Crippen molar-refractivity contribution in [2.75, 3.05) is 0 Å². The van der Waals surface area contributed by atoms with Crippen molar-refractivity contribution in [3.8, 4) is 0 Å². The van der Waals surface area contributed by atoms with Crippen LogP contribution in [0.4, 0.5) is 4.39 Å². The lowest BCUT2D eigenvalue weighted by Crippen LogP contribution is -2.12. The van der Waals surface area contributed by atoms with Crippen LogP contribution in [0.2, 0.25) is 0 Å². The smallest absolute Gasteiger partial charge is 0.123 e. The molecule has 0 bridgehead atoms. The molecule has 0 atom stereocenters. The molecular weight excluding hydrogens is 259 g/mol. The number of thiazole rings is 1.